The molecular weight excluding hydrogens is 392 g/mol. The molecule has 9 nitrogen and oxygen atoms in total. The summed E-state index contributed by atoms with van der Waals surface area (Å²) in [6.07, 6.45) is -2.01. The van der Waals surface area contributed by atoms with Crippen LogP contribution in [0.25, 0.3) is 0 Å². The molecule has 0 N–H and O–H groups in total. The van der Waals surface area contributed by atoms with E-state index in [1.165, 1.54) is 4.90 Å². The van der Waals surface area contributed by atoms with Gasteiger partial charge in [0.25, 0.3) is 5.91 Å². The zero-order valence-corrected chi connectivity index (χ0v) is 16.1. The van der Waals surface area contributed by atoms with Crippen molar-refractivity contribution in [1.82, 2.24) is 0 Å². The van der Waals surface area contributed by atoms with Crippen molar-refractivity contribution in [3.63, 3.8) is 0 Å². The van der Waals surface area contributed by atoms with E-state index in [0.717, 1.165) is 5.69 Å². The lowest BCUT2D eigenvalue weighted by Crippen LogP contribution is -2.41. The highest BCUT2D eigenvalue weighted by Crippen LogP contribution is 2.26. The Balaban J connectivity index is 1.31. The van der Waals surface area contributed by atoms with Gasteiger partial charge in [0.15, 0.2) is 6.10 Å². The summed E-state index contributed by atoms with van der Waals surface area (Å²) < 4.78 is 20.5. The number of cyclic esters (lactones) is 1. The maximum atomic E-state index is 12.2. The van der Waals surface area contributed by atoms with E-state index < -0.39 is 18.4 Å². The number of hydrogen-bond acceptors (Lipinski definition) is 7. The molecule has 30 heavy (non-hydrogen) atoms. The Morgan fingerprint density at radius 1 is 1.00 bits per heavy atom. The highest BCUT2D eigenvalue weighted by molar-refractivity contribution is 5.95. The summed E-state index contributed by atoms with van der Waals surface area (Å²) in [5.74, 6) is 0.264. The minimum Gasteiger partial charge on any atom is -0.440 e. The summed E-state index contributed by atoms with van der Waals surface area (Å²) in [5, 5.41) is 0. The van der Waals surface area contributed by atoms with Gasteiger partial charge in [-0.05, 0) is 36.4 Å². The van der Waals surface area contributed by atoms with Gasteiger partial charge in [-0.15, -0.1) is 0 Å². The number of hydrogen-bond donors (Lipinski definition) is 0. The Kier molecular flexibility index (Phi) is 5.80. The quantitative estimate of drug-likeness (QED) is 0.550. The van der Waals surface area contributed by atoms with Gasteiger partial charge in [0.1, 0.15) is 19.0 Å². The molecule has 4 rings (SSSR count). The standard InChI is InChI=1S/C21H20N2O7/c24-19-14-27-11-10-22(19)15-6-8-16(9-7-15)23-12-18(29-20(23)25)13-28-21(26)30-17-4-2-1-3-5-17/h1-9,18H,10-14H2/t18-/m1/s1. The van der Waals surface area contributed by atoms with Crippen molar-refractivity contribution in [3.8, 4) is 5.75 Å². The molecule has 2 aliphatic rings. The van der Waals surface area contributed by atoms with Crippen molar-refractivity contribution < 1.29 is 33.3 Å². The molecule has 9 heteroatoms. The van der Waals surface area contributed by atoms with Gasteiger partial charge >= 0.3 is 12.2 Å². The topological polar surface area (TPSA) is 94.6 Å². The van der Waals surface area contributed by atoms with Gasteiger partial charge in [0.05, 0.1) is 13.2 Å². The Bertz CT molecular complexity index is 917. The van der Waals surface area contributed by atoms with E-state index in [9.17, 15) is 14.4 Å². The van der Waals surface area contributed by atoms with E-state index in [4.69, 9.17) is 18.9 Å². The smallest absolute Gasteiger partial charge is 0.440 e. The summed E-state index contributed by atoms with van der Waals surface area (Å²) in [6, 6.07) is 15.6. The first-order valence-electron chi connectivity index (χ1n) is 9.46. The largest absolute Gasteiger partial charge is 0.513 e. The minimum absolute atomic E-state index is 0.0641. The zero-order chi connectivity index (χ0) is 20.9. The highest BCUT2D eigenvalue weighted by Gasteiger charge is 2.33. The van der Waals surface area contributed by atoms with E-state index in [1.807, 2.05) is 0 Å². The maximum absolute atomic E-state index is 12.2. The predicted octanol–water partition coefficient (Wildman–Crippen LogP) is 2.59. The van der Waals surface area contributed by atoms with E-state index in [2.05, 4.69) is 0 Å². The first-order chi connectivity index (χ1) is 14.6. The van der Waals surface area contributed by atoms with Crippen LogP contribution in [-0.2, 0) is 19.0 Å². The van der Waals surface area contributed by atoms with E-state index in [-0.39, 0.29) is 25.7 Å². The van der Waals surface area contributed by atoms with Crippen LogP contribution >= 0.6 is 0 Å². The lowest BCUT2D eigenvalue weighted by atomic mass is 10.2. The molecule has 1 atom stereocenters. The molecule has 0 bridgehead atoms. The normalized spacial score (nSPS) is 18.9. The second-order valence-electron chi connectivity index (χ2n) is 6.71. The maximum Gasteiger partial charge on any atom is 0.513 e. The number of morpholine rings is 1. The Labute approximate surface area is 172 Å². The van der Waals surface area contributed by atoms with E-state index in [0.29, 0.717) is 24.6 Å². The van der Waals surface area contributed by atoms with Gasteiger partial charge in [-0.1, -0.05) is 18.2 Å². The van der Waals surface area contributed by atoms with Crippen LogP contribution in [0.1, 0.15) is 0 Å². The monoisotopic (exact) mass is 412 g/mol. The molecule has 2 aliphatic heterocycles. The van der Waals surface area contributed by atoms with Crippen molar-refractivity contribution >= 4 is 29.5 Å². The van der Waals surface area contributed by atoms with Crippen LogP contribution in [0.3, 0.4) is 0 Å². The first-order valence-corrected chi connectivity index (χ1v) is 9.46. The zero-order valence-electron chi connectivity index (χ0n) is 16.1. The molecule has 0 spiro atoms. The van der Waals surface area contributed by atoms with Crippen LogP contribution in [0.5, 0.6) is 5.75 Å². The number of amides is 2. The Morgan fingerprint density at radius 3 is 2.40 bits per heavy atom. The summed E-state index contributed by atoms with van der Waals surface area (Å²) in [7, 11) is 0. The molecule has 0 unspecified atom stereocenters. The number of carbonyl (C=O) groups excluding carboxylic acids is 3. The minimum atomic E-state index is -0.866. The molecule has 2 amide bonds. The van der Waals surface area contributed by atoms with Crippen LogP contribution in [0.15, 0.2) is 54.6 Å². The molecule has 2 aromatic rings. The van der Waals surface area contributed by atoms with Gasteiger partial charge in [-0.3, -0.25) is 9.69 Å². The molecule has 2 aromatic carbocycles. The third-order valence-corrected chi connectivity index (χ3v) is 4.66. The van der Waals surface area contributed by atoms with Gasteiger partial charge in [0, 0.05) is 17.9 Å². The number of para-hydroxylation sites is 1. The lowest BCUT2D eigenvalue weighted by molar-refractivity contribution is -0.125. The summed E-state index contributed by atoms with van der Waals surface area (Å²) in [5.41, 5.74) is 1.36. The van der Waals surface area contributed by atoms with Crippen LogP contribution in [0.2, 0.25) is 0 Å². The van der Waals surface area contributed by atoms with E-state index in [1.54, 1.807) is 59.5 Å². The average Bonchev–Trinajstić information content (AvgIpc) is 3.14. The fourth-order valence-corrected chi connectivity index (χ4v) is 3.20. The number of nitrogens with zero attached hydrogens (tertiary/aromatic N) is 2. The van der Waals surface area contributed by atoms with Crippen molar-refractivity contribution in [3.05, 3.63) is 54.6 Å². The molecule has 156 valence electrons. The van der Waals surface area contributed by atoms with Gasteiger partial charge in [0.2, 0.25) is 0 Å². The molecule has 0 saturated carbocycles. The number of rotatable bonds is 5. The molecule has 0 aliphatic carbocycles. The van der Waals surface area contributed by atoms with Gasteiger partial charge in [-0.2, -0.15) is 0 Å². The number of ether oxygens (including phenoxy) is 4. The average molecular weight is 412 g/mol. The number of benzene rings is 2. The Hall–Kier alpha value is -3.59. The molecule has 2 heterocycles. The van der Waals surface area contributed by atoms with Crippen LogP contribution in [0.4, 0.5) is 21.0 Å². The predicted molar refractivity (Wildman–Crippen MR) is 106 cm³/mol. The molecule has 2 fully saturated rings. The highest BCUT2D eigenvalue weighted by atomic mass is 16.7. The summed E-state index contributed by atoms with van der Waals surface area (Å²) in [4.78, 5) is 39.0. The second kappa shape index (κ2) is 8.83. The fourth-order valence-electron chi connectivity index (χ4n) is 3.20. The third kappa shape index (κ3) is 4.52. The van der Waals surface area contributed by atoms with Crippen molar-refractivity contribution in [2.75, 3.05) is 42.7 Å². The van der Waals surface area contributed by atoms with Crippen molar-refractivity contribution in [1.29, 1.82) is 0 Å². The Morgan fingerprint density at radius 2 is 1.70 bits per heavy atom. The fraction of sp³-hybridized carbons (Fsp3) is 0.286. The van der Waals surface area contributed by atoms with Gasteiger partial charge < -0.3 is 23.8 Å². The summed E-state index contributed by atoms with van der Waals surface area (Å²) in [6.45, 7) is 1.15. The lowest BCUT2D eigenvalue weighted by Gasteiger charge is -2.27. The number of carbonyl (C=O) groups is 3. The molecule has 0 aromatic heterocycles. The molecule has 0 radical (unpaired) electrons. The second-order valence-corrected chi connectivity index (χ2v) is 6.71. The van der Waals surface area contributed by atoms with Crippen molar-refractivity contribution in [2.45, 2.75) is 6.10 Å². The van der Waals surface area contributed by atoms with E-state index >= 15 is 0 Å². The third-order valence-electron chi connectivity index (χ3n) is 4.66. The molecular formula is C21H20N2O7. The molecule has 2 saturated heterocycles. The van der Waals surface area contributed by atoms with Crippen LogP contribution < -0.4 is 14.5 Å². The first kappa shape index (κ1) is 19.7. The SMILES string of the molecule is O=C(OC[C@H]1CN(c2ccc(N3CCOCC3=O)cc2)C(=O)O1)Oc1ccccc1. The van der Waals surface area contributed by atoms with Crippen LogP contribution in [0, 0.1) is 0 Å². The van der Waals surface area contributed by atoms with Gasteiger partial charge in [-0.25, -0.2) is 9.59 Å². The number of anilines is 2. The van der Waals surface area contributed by atoms with Crippen LogP contribution in [-0.4, -0.2) is 57.2 Å². The summed E-state index contributed by atoms with van der Waals surface area (Å²) >= 11 is 0. The van der Waals surface area contributed by atoms with Crippen molar-refractivity contribution in [2.24, 2.45) is 0 Å².